The lowest BCUT2D eigenvalue weighted by molar-refractivity contribution is 0.0773. The summed E-state index contributed by atoms with van der Waals surface area (Å²) in [6.07, 6.45) is 3.14. The van der Waals surface area contributed by atoms with E-state index in [9.17, 15) is 9.59 Å². The molecule has 0 atom stereocenters. The lowest BCUT2D eigenvalue weighted by atomic mass is 10.1. The summed E-state index contributed by atoms with van der Waals surface area (Å²) in [6.45, 7) is 5.25. The van der Waals surface area contributed by atoms with Gasteiger partial charge in [-0.05, 0) is 50.2 Å². The molecule has 0 unspecified atom stereocenters. The molecule has 1 aromatic carbocycles. The average Bonchev–Trinajstić information content (AvgIpc) is 2.57. The van der Waals surface area contributed by atoms with Gasteiger partial charge in [-0.1, -0.05) is 0 Å². The van der Waals surface area contributed by atoms with Crippen molar-refractivity contribution in [1.29, 1.82) is 0 Å². The highest BCUT2D eigenvalue weighted by Crippen LogP contribution is 2.13. The van der Waals surface area contributed by atoms with Crippen LogP contribution in [0.4, 0.5) is 5.69 Å². The summed E-state index contributed by atoms with van der Waals surface area (Å²) in [5, 5.41) is 2.79. The van der Waals surface area contributed by atoms with Gasteiger partial charge in [-0.2, -0.15) is 0 Å². The van der Waals surface area contributed by atoms with E-state index in [0.717, 1.165) is 0 Å². The van der Waals surface area contributed by atoms with E-state index in [4.69, 9.17) is 0 Å². The van der Waals surface area contributed by atoms with Crippen LogP contribution < -0.4 is 5.32 Å². The fourth-order valence-corrected chi connectivity index (χ4v) is 2.10. The molecule has 2 aromatic rings. The van der Waals surface area contributed by atoms with E-state index >= 15 is 0 Å². The number of nitrogens with one attached hydrogen (secondary N) is 1. The van der Waals surface area contributed by atoms with Crippen molar-refractivity contribution < 1.29 is 9.59 Å². The summed E-state index contributed by atoms with van der Waals surface area (Å²) in [5.41, 5.74) is 1.81. The third-order valence-corrected chi connectivity index (χ3v) is 3.38. The highest BCUT2D eigenvalue weighted by atomic mass is 16.2. The summed E-state index contributed by atoms with van der Waals surface area (Å²) >= 11 is 0. The first-order valence-corrected chi connectivity index (χ1v) is 7.26. The molecule has 5 nitrogen and oxygen atoms in total. The number of hydrogen-bond donors (Lipinski definition) is 1. The molecule has 114 valence electrons. The number of carbonyl (C=O) groups excluding carboxylic acids is 2. The number of anilines is 1. The zero-order valence-electron chi connectivity index (χ0n) is 12.7. The van der Waals surface area contributed by atoms with Gasteiger partial charge in [0.25, 0.3) is 11.8 Å². The van der Waals surface area contributed by atoms with Gasteiger partial charge in [-0.15, -0.1) is 0 Å². The van der Waals surface area contributed by atoms with E-state index in [1.54, 1.807) is 53.7 Å². The highest BCUT2D eigenvalue weighted by molar-refractivity contribution is 6.04. The minimum Gasteiger partial charge on any atom is -0.339 e. The van der Waals surface area contributed by atoms with E-state index < -0.39 is 0 Å². The Labute approximate surface area is 130 Å². The Hall–Kier alpha value is -2.69. The summed E-state index contributed by atoms with van der Waals surface area (Å²) < 4.78 is 0. The normalized spacial score (nSPS) is 10.1. The standard InChI is InChI=1S/C17H19N3O2/c1-3-20(4-2)17(22)14-5-7-15(8-6-14)19-16(21)13-9-11-18-12-10-13/h5-12H,3-4H2,1-2H3,(H,19,21). The number of nitrogens with zero attached hydrogens (tertiary/aromatic N) is 2. The Kier molecular flexibility index (Phi) is 5.25. The van der Waals surface area contributed by atoms with Crippen LogP contribution in [0.5, 0.6) is 0 Å². The molecule has 0 aliphatic heterocycles. The SMILES string of the molecule is CCN(CC)C(=O)c1ccc(NC(=O)c2ccncc2)cc1. The van der Waals surface area contributed by atoms with Crippen LogP contribution in [-0.2, 0) is 0 Å². The molecule has 1 heterocycles. The Balaban J connectivity index is 2.06. The Morgan fingerprint density at radius 2 is 1.55 bits per heavy atom. The van der Waals surface area contributed by atoms with Crippen LogP contribution in [0.2, 0.25) is 0 Å². The Morgan fingerprint density at radius 3 is 2.09 bits per heavy atom. The third-order valence-electron chi connectivity index (χ3n) is 3.38. The monoisotopic (exact) mass is 297 g/mol. The third kappa shape index (κ3) is 3.69. The first kappa shape index (κ1) is 15.7. The van der Waals surface area contributed by atoms with Crippen molar-refractivity contribution in [3.05, 3.63) is 59.9 Å². The fourth-order valence-electron chi connectivity index (χ4n) is 2.10. The van der Waals surface area contributed by atoms with Crippen LogP contribution >= 0.6 is 0 Å². The molecule has 0 aliphatic rings. The second-order valence-electron chi connectivity index (χ2n) is 4.74. The maximum atomic E-state index is 12.2. The second kappa shape index (κ2) is 7.36. The van der Waals surface area contributed by atoms with E-state index in [-0.39, 0.29) is 11.8 Å². The van der Waals surface area contributed by atoms with Crippen LogP contribution in [0.15, 0.2) is 48.8 Å². The van der Waals surface area contributed by atoms with Crippen molar-refractivity contribution in [3.63, 3.8) is 0 Å². The molecule has 1 aromatic heterocycles. The van der Waals surface area contributed by atoms with Gasteiger partial charge >= 0.3 is 0 Å². The minimum absolute atomic E-state index is 0.00277. The molecule has 0 bridgehead atoms. The van der Waals surface area contributed by atoms with Gasteiger partial charge in [0, 0.05) is 42.3 Å². The quantitative estimate of drug-likeness (QED) is 0.923. The van der Waals surface area contributed by atoms with E-state index in [1.807, 2.05) is 13.8 Å². The van der Waals surface area contributed by atoms with Gasteiger partial charge in [-0.25, -0.2) is 0 Å². The van der Waals surface area contributed by atoms with Crippen LogP contribution in [-0.4, -0.2) is 34.8 Å². The van der Waals surface area contributed by atoms with E-state index in [0.29, 0.717) is 29.9 Å². The molecular weight excluding hydrogens is 278 g/mol. The van der Waals surface area contributed by atoms with E-state index in [1.165, 1.54) is 0 Å². The number of rotatable bonds is 5. The van der Waals surface area contributed by atoms with Gasteiger partial charge < -0.3 is 10.2 Å². The smallest absolute Gasteiger partial charge is 0.255 e. The topological polar surface area (TPSA) is 62.3 Å². The van der Waals surface area contributed by atoms with Gasteiger partial charge in [0.05, 0.1) is 0 Å². The van der Waals surface area contributed by atoms with Crippen LogP contribution in [0.1, 0.15) is 34.6 Å². The highest BCUT2D eigenvalue weighted by Gasteiger charge is 2.12. The lowest BCUT2D eigenvalue weighted by Crippen LogP contribution is -2.30. The summed E-state index contributed by atoms with van der Waals surface area (Å²) in [5.74, 6) is -0.206. The Morgan fingerprint density at radius 1 is 0.955 bits per heavy atom. The molecule has 0 spiro atoms. The van der Waals surface area contributed by atoms with Gasteiger partial charge in [-0.3, -0.25) is 14.6 Å². The first-order valence-electron chi connectivity index (χ1n) is 7.26. The predicted molar refractivity (Wildman–Crippen MR) is 85.9 cm³/mol. The second-order valence-corrected chi connectivity index (χ2v) is 4.74. The molecule has 22 heavy (non-hydrogen) atoms. The maximum Gasteiger partial charge on any atom is 0.255 e. The van der Waals surface area contributed by atoms with Crippen molar-refractivity contribution in [1.82, 2.24) is 9.88 Å². The number of hydrogen-bond acceptors (Lipinski definition) is 3. The number of aromatic nitrogens is 1. The molecule has 2 rings (SSSR count). The molecule has 5 heteroatoms. The predicted octanol–water partition coefficient (Wildman–Crippen LogP) is 2.82. The number of carbonyl (C=O) groups is 2. The van der Waals surface area contributed by atoms with Crippen molar-refractivity contribution >= 4 is 17.5 Å². The Bertz CT molecular complexity index is 635. The molecule has 0 saturated heterocycles. The van der Waals surface area contributed by atoms with Crippen molar-refractivity contribution in [2.45, 2.75) is 13.8 Å². The van der Waals surface area contributed by atoms with Crippen LogP contribution in [0.25, 0.3) is 0 Å². The van der Waals surface area contributed by atoms with Gasteiger partial charge in [0.1, 0.15) is 0 Å². The molecule has 2 amide bonds. The van der Waals surface area contributed by atoms with Gasteiger partial charge in [0.2, 0.25) is 0 Å². The van der Waals surface area contributed by atoms with Crippen molar-refractivity contribution in [3.8, 4) is 0 Å². The average molecular weight is 297 g/mol. The largest absolute Gasteiger partial charge is 0.339 e. The van der Waals surface area contributed by atoms with Crippen molar-refractivity contribution in [2.24, 2.45) is 0 Å². The molecule has 1 N–H and O–H groups in total. The number of pyridine rings is 1. The van der Waals surface area contributed by atoms with E-state index in [2.05, 4.69) is 10.3 Å². The molecule has 0 saturated carbocycles. The van der Waals surface area contributed by atoms with Crippen LogP contribution in [0.3, 0.4) is 0 Å². The van der Waals surface area contributed by atoms with Crippen LogP contribution in [0, 0.1) is 0 Å². The maximum absolute atomic E-state index is 12.2. The summed E-state index contributed by atoms with van der Waals surface area (Å²) in [4.78, 5) is 29.8. The molecular formula is C17H19N3O2. The molecule has 0 fully saturated rings. The van der Waals surface area contributed by atoms with Gasteiger partial charge in [0.15, 0.2) is 0 Å². The molecule has 0 aliphatic carbocycles. The zero-order chi connectivity index (χ0) is 15.9. The minimum atomic E-state index is -0.204. The number of benzene rings is 1. The summed E-state index contributed by atoms with van der Waals surface area (Å²) in [7, 11) is 0. The summed E-state index contributed by atoms with van der Waals surface area (Å²) in [6, 6.07) is 10.2. The number of amides is 2. The van der Waals surface area contributed by atoms with Crippen molar-refractivity contribution in [2.75, 3.05) is 18.4 Å². The zero-order valence-corrected chi connectivity index (χ0v) is 12.7. The fraction of sp³-hybridized carbons (Fsp3) is 0.235. The lowest BCUT2D eigenvalue weighted by Gasteiger charge is -2.18. The molecule has 0 radical (unpaired) electrons. The first-order chi connectivity index (χ1) is 10.7.